The van der Waals surface area contributed by atoms with Crippen molar-refractivity contribution in [3.8, 4) is 0 Å². The molecule has 0 amide bonds. The first-order chi connectivity index (χ1) is 9.24. The lowest BCUT2D eigenvalue weighted by molar-refractivity contribution is 0.615. The number of aryl methyl sites for hydroxylation is 1. The highest BCUT2D eigenvalue weighted by atomic mass is 35.5. The number of fused-ring (bicyclic) bond motifs is 1. The van der Waals surface area contributed by atoms with Gasteiger partial charge < -0.3 is 0 Å². The Bertz CT molecular complexity index is 579. The van der Waals surface area contributed by atoms with Crippen molar-refractivity contribution in [3.63, 3.8) is 0 Å². The third-order valence-corrected chi connectivity index (χ3v) is 4.39. The van der Waals surface area contributed by atoms with Gasteiger partial charge in [0.15, 0.2) is 0 Å². The van der Waals surface area contributed by atoms with Gasteiger partial charge in [-0.05, 0) is 48.1 Å². The van der Waals surface area contributed by atoms with Crippen molar-refractivity contribution in [2.45, 2.75) is 31.6 Å². The van der Waals surface area contributed by atoms with E-state index in [4.69, 9.17) is 23.2 Å². The smallest absolute Gasteiger partial charge is 0.0236 e. The summed E-state index contributed by atoms with van der Waals surface area (Å²) in [4.78, 5) is 0. The van der Waals surface area contributed by atoms with Crippen LogP contribution in [0.4, 0.5) is 0 Å². The first kappa shape index (κ1) is 13.0. The van der Waals surface area contributed by atoms with E-state index in [1.165, 1.54) is 36.0 Å². The molecule has 0 aromatic heterocycles. The molecule has 0 heterocycles. The minimum absolute atomic E-state index is 0.456. The summed E-state index contributed by atoms with van der Waals surface area (Å²) >= 11 is 12.4. The number of rotatable bonds is 1. The second-order valence-corrected chi connectivity index (χ2v) is 6.16. The Kier molecular flexibility index (Phi) is 3.81. The van der Waals surface area contributed by atoms with Gasteiger partial charge in [-0.15, -0.1) is 0 Å². The van der Waals surface area contributed by atoms with Gasteiger partial charge in [0, 0.05) is 22.4 Å². The number of halogens is 2. The van der Waals surface area contributed by atoms with Crippen molar-refractivity contribution in [1.29, 1.82) is 0 Å². The molecule has 3 rings (SSSR count). The maximum atomic E-state index is 6.25. The van der Waals surface area contributed by atoms with Crippen molar-refractivity contribution in [1.82, 2.24) is 0 Å². The molecule has 1 unspecified atom stereocenters. The highest BCUT2D eigenvalue weighted by Gasteiger charge is 2.22. The summed E-state index contributed by atoms with van der Waals surface area (Å²) in [5.74, 6) is 0.456. The minimum Gasteiger partial charge on any atom is -0.0888 e. The summed E-state index contributed by atoms with van der Waals surface area (Å²) in [6.07, 6.45) is 10.5. The molecule has 2 aliphatic carbocycles. The lowest BCUT2D eigenvalue weighted by atomic mass is 9.78. The number of benzene rings is 1. The van der Waals surface area contributed by atoms with Gasteiger partial charge >= 0.3 is 0 Å². The van der Waals surface area contributed by atoms with Gasteiger partial charge in [-0.3, -0.25) is 0 Å². The molecular weight excluding hydrogens is 275 g/mol. The number of hydrogen-bond donors (Lipinski definition) is 0. The van der Waals surface area contributed by atoms with Crippen molar-refractivity contribution in [3.05, 3.63) is 69.3 Å². The highest BCUT2D eigenvalue weighted by Crippen LogP contribution is 2.39. The average molecular weight is 291 g/mol. The summed E-state index contributed by atoms with van der Waals surface area (Å²) in [6, 6.07) is 8.75. The Balaban J connectivity index is 2.02. The maximum absolute atomic E-state index is 6.25. The normalized spacial score (nSPS) is 22.8. The van der Waals surface area contributed by atoms with Crippen LogP contribution in [0.25, 0.3) is 0 Å². The van der Waals surface area contributed by atoms with E-state index in [9.17, 15) is 0 Å². The zero-order valence-electron chi connectivity index (χ0n) is 10.7. The maximum Gasteiger partial charge on any atom is 0.0236 e. The molecular formula is C17H16Cl2. The fraction of sp³-hybridized carbons (Fsp3) is 0.294. The van der Waals surface area contributed by atoms with Crippen molar-refractivity contribution in [2.75, 3.05) is 0 Å². The average Bonchev–Trinajstić information content (AvgIpc) is 2.59. The molecule has 0 nitrogen and oxygen atoms in total. The third kappa shape index (κ3) is 2.80. The van der Waals surface area contributed by atoms with Gasteiger partial charge in [0.05, 0.1) is 0 Å². The predicted octanol–water partition coefficient (Wildman–Crippen LogP) is 5.68. The lowest BCUT2D eigenvalue weighted by Crippen LogP contribution is -2.11. The van der Waals surface area contributed by atoms with Crippen LogP contribution in [0, 0.1) is 0 Å². The molecule has 0 saturated carbocycles. The van der Waals surface area contributed by atoms with Crippen LogP contribution < -0.4 is 0 Å². The number of hydrogen-bond acceptors (Lipinski definition) is 0. The third-order valence-electron chi connectivity index (χ3n) is 3.89. The van der Waals surface area contributed by atoms with Gasteiger partial charge in [-0.2, -0.15) is 0 Å². The summed E-state index contributed by atoms with van der Waals surface area (Å²) in [5.41, 5.74) is 4.21. The lowest BCUT2D eigenvalue weighted by Gasteiger charge is -2.26. The highest BCUT2D eigenvalue weighted by molar-refractivity contribution is 6.34. The second-order valence-electron chi connectivity index (χ2n) is 5.19. The van der Waals surface area contributed by atoms with Crippen LogP contribution in [0.5, 0.6) is 0 Å². The molecule has 1 atom stereocenters. The Morgan fingerprint density at radius 3 is 2.74 bits per heavy atom. The molecule has 0 spiro atoms. The Morgan fingerprint density at radius 2 is 1.84 bits per heavy atom. The SMILES string of the molecule is ClC1=CC=C(C2CCCc3ccccc32)C=C(Cl)C1. The van der Waals surface area contributed by atoms with E-state index in [1.54, 1.807) is 0 Å². The van der Waals surface area contributed by atoms with Crippen molar-refractivity contribution >= 4 is 23.2 Å². The monoisotopic (exact) mass is 290 g/mol. The summed E-state index contributed by atoms with van der Waals surface area (Å²) in [7, 11) is 0. The van der Waals surface area contributed by atoms with Gasteiger partial charge in [0.1, 0.15) is 0 Å². The van der Waals surface area contributed by atoms with E-state index in [0.29, 0.717) is 12.3 Å². The topological polar surface area (TPSA) is 0 Å². The van der Waals surface area contributed by atoms with Crippen molar-refractivity contribution in [2.24, 2.45) is 0 Å². The first-order valence-electron chi connectivity index (χ1n) is 6.74. The van der Waals surface area contributed by atoms with Crippen LogP contribution in [0.2, 0.25) is 0 Å². The molecule has 0 fully saturated rings. The van der Waals surface area contributed by atoms with E-state index in [2.05, 4.69) is 36.4 Å². The summed E-state index contributed by atoms with van der Waals surface area (Å²) in [5, 5.41) is 1.63. The van der Waals surface area contributed by atoms with Crippen LogP contribution in [0.1, 0.15) is 36.3 Å². The zero-order chi connectivity index (χ0) is 13.2. The molecule has 2 heteroatoms. The van der Waals surface area contributed by atoms with Gasteiger partial charge in [-0.25, -0.2) is 0 Å². The molecule has 2 aliphatic rings. The fourth-order valence-electron chi connectivity index (χ4n) is 3.00. The van der Waals surface area contributed by atoms with Crippen LogP contribution >= 0.6 is 23.2 Å². The molecule has 0 aliphatic heterocycles. The van der Waals surface area contributed by atoms with E-state index >= 15 is 0 Å². The van der Waals surface area contributed by atoms with E-state index in [0.717, 1.165) is 10.1 Å². The number of allylic oxidation sites excluding steroid dienone is 6. The van der Waals surface area contributed by atoms with Crippen LogP contribution in [-0.2, 0) is 6.42 Å². The van der Waals surface area contributed by atoms with Crippen LogP contribution in [0.3, 0.4) is 0 Å². The molecule has 0 saturated heterocycles. The Hall–Kier alpha value is -0.980. The second kappa shape index (κ2) is 5.56. The Morgan fingerprint density at radius 1 is 1.00 bits per heavy atom. The molecule has 1 aromatic carbocycles. The quantitative estimate of drug-likeness (QED) is 0.624. The molecule has 98 valence electrons. The standard InChI is InChI=1S/C17H16Cl2/c18-14-9-8-13(10-15(19)11-14)17-7-3-5-12-4-1-2-6-16(12)17/h1-2,4,6,8-10,17H,3,5,7,11H2. The Labute approximate surface area is 124 Å². The summed E-state index contributed by atoms with van der Waals surface area (Å²) in [6.45, 7) is 0. The van der Waals surface area contributed by atoms with E-state index in [-0.39, 0.29) is 0 Å². The molecule has 19 heavy (non-hydrogen) atoms. The largest absolute Gasteiger partial charge is 0.0888 e. The van der Waals surface area contributed by atoms with Gasteiger partial charge in [0.25, 0.3) is 0 Å². The molecule has 0 bridgehead atoms. The van der Waals surface area contributed by atoms with Crippen LogP contribution in [-0.4, -0.2) is 0 Å². The summed E-state index contributed by atoms with van der Waals surface area (Å²) < 4.78 is 0. The van der Waals surface area contributed by atoms with Gasteiger partial charge in [0.2, 0.25) is 0 Å². The first-order valence-corrected chi connectivity index (χ1v) is 7.50. The minimum atomic E-state index is 0.456. The molecule has 1 aromatic rings. The van der Waals surface area contributed by atoms with E-state index < -0.39 is 0 Å². The molecule has 0 radical (unpaired) electrons. The predicted molar refractivity (Wildman–Crippen MR) is 82.7 cm³/mol. The van der Waals surface area contributed by atoms with E-state index in [1.807, 2.05) is 6.08 Å². The fourth-order valence-corrected chi connectivity index (χ4v) is 3.55. The molecule has 0 N–H and O–H groups in total. The zero-order valence-corrected chi connectivity index (χ0v) is 12.2. The van der Waals surface area contributed by atoms with Gasteiger partial charge in [-0.1, -0.05) is 53.5 Å². The van der Waals surface area contributed by atoms with Crippen molar-refractivity contribution < 1.29 is 0 Å². The van der Waals surface area contributed by atoms with Crippen LogP contribution in [0.15, 0.2) is 58.1 Å².